The van der Waals surface area contributed by atoms with E-state index in [0.29, 0.717) is 42.5 Å². The summed E-state index contributed by atoms with van der Waals surface area (Å²) in [5.41, 5.74) is 2.08. The number of nitrogens with zero attached hydrogens (tertiary/aromatic N) is 1. The molecule has 1 amide bonds. The molecule has 0 aliphatic carbocycles. The van der Waals surface area contributed by atoms with E-state index in [9.17, 15) is 9.59 Å². The summed E-state index contributed by atoms with van der Waals surface area (Å²) < 4.78 is 21.3. The van der Waals surface area contributed by atoms with E-state index in [1.165, 1.54) is 7.11 Å². The molecule has 0 spiro atoms. The number of likely N-dealkylation sites (N-methyl/N-ethyl adjacent to an activating group) is 1. The van der Waals surface area contributed by atoms with Crippen molar-refractivity contribution in [2.45, 2.75) is 27.3 Å². The van der Waals surface area contributed by atoms with Crippen LogP contribution in [0.4, 0.5) is 0 Å². The molecule has 0 aliphatic rings. The number of methoxy groups -OCH3 is 2. The highest BCUT2D eigenvalue weighted by Gasteiger charge is 2.19. The lowest BCUT2D eigenvalue weighted by Crippen LogP contribution is -2.34. The summed E-state index contributed by atoms with van der Waals surface area (Å²) in [6.07, 6.45) is 0. The highest BCUT2D eigenvalue weighted by atomic mass is 16.5. The highest BCUT2D eigenvalue weighted by Crippen LogP contribution is 2.28. The molecule has 0 aromatic heterocycles. The molecule has 0 aliphatic heterocycles. The quantitative estimate of drug-likeness (QED) is 0.552. The highest BCUT2D eigenvalue weighted by molar-refractivity contribution is 5.94. The van der Waals surface area contributed by atoms with Crippen molar-refractivity contribution >= 4 is 11.9 Å². The number of aryl methyl sites for hydroxylation is 1. The van der Waals surface area contributed by atoms with Crippen molar-refractivity contribution in [1.29, 1.82) is 0 Å². The Kier molecular flexibility index (Phi) is 8.53. The third-order valence-electron chi connectivity index (χ3n) is 4.54. The largest absolute Gasteiger partial charge is 0.496 e. The van der Waals surface area contributed by atoms with E-state index in [1.54, 1.807) is 24.1 Å². The molecular formula is C23H29NO6. The van der Waals surface area contributed by atoms with Gasteiger partial charge in [0.1, 0.15) is 11.3 Å². The molecule has 0 radical (unpaired) electrons. The van der Waals surface area contributed by atoms with Crippen LogP contribution in [0.1, 0.15) is 35.3 Å². The van der Waals surface area contributed by atoms with Crippen molar-refractivity contribution in [3.63, 3.8) is 0 Å². The van der Waals surface area contributed by atoms with Crippen LogP contribution in [0.25, 0.3) is 0 Å². The molecule has 2 rings (SSSR count). The first-order valence-corrected chi connectivity index (χ1v) is 9.82. The molecule has 0 fully saturated rings. The van der Waals surface area contributed by atoms with E-state index in [2.05, 4.69) is 0 Å². The summed E-state index contributed by atoms with van der Waals surface area (Å²) in [6, 6.07) is 10.8. The number of amides is 1. The second-order valence-corrected chi connectivity index (χ2v) is 6.61. The smallest absolute Gasteiger partial charge is 0.342 e. The fourth-order valence-electron chi connectivity index (χ4n) is 2.96. The Morgan fingerprint density at radius 3 is 2.27 bits per heavy atom. The maximum atomic E-state index is 12.6. The minimum absolute atomic E-state index is 0.287. The van der Waals surface area contributed by atoms with Crippen LogP contribution in [0.2, 0.25) is 0 Å². The van der Waals surface area contributed by atoms with Gasteiger partial charge in [0, 0.05) is 13.1 Å². The van der Waals surface area contributed by atoms with Crippen molar-refractivity contribution < 1.29 is 28.5 Å². The minimum atomic E-state index is -0.595. The molecule has 30 heavy (non-hydrogen) atoms. The summed E-state index contributed by atoms with van der Waals surface area (Å²) >= 11 is 0. The Morgan fingerprint density at radius 2 is 1.63 bits per heavy atom. The predicted molar refractivity (Wildman–Crippen MR) is 113 cm³/mol. The molecular weight excluding hydrogens is 386 g/mol. The second-order valence-electron chi connectivity index (χ2n) is 6.61. The van der Waals surface area contributed by atoms with Crippen molar-refractivity contribution in [3.05, 3.63) is 53.1 Å². The van der Waals surface area contributed by atoms with Gasteiger partial charge >= 0.3 is 5.97 Å². The van der Waals surface area contributed by atoms with Gasteiger partial charge in [0.05, 0.1) is 20.8 Å². The molecule has 0 heterocycles. The van der Waals surface area contributed by atoms with E-state index in [4.69, 9.17) is 18.9 Å². The number of benzene rings is 2. The van der Waals surface area contributed by atoms with Gasteiger partial charge in [-0.15, -0.1) is 0 Å². The molecule has 0 saturated heterocycles. The van der Waals surface area contributed by atoms with Gasteiger partial charge < -0.3 is 23.8 Å². The molecule has 2 aromatic carbocycles. The molecule has 0 N–H and O–H groups in total. The monoisotopic (exact) mass is 415 g/mol. The minimum Gasteiger partial charge on any atom is -0.496 e. The molecule has 0 atom stereocenters. The molecule has 7 heteroatoms. The summed E-state index contributed by atoms with van der Waals surface area (Å²) in [5, 5.41) is 0. The van der Waals surface area contributed by atoms with Crippen LogP contribution in [-0.2, 0) is 16.1 Å². The van der Waals surface area contributed by atoms with Crippen LogP contribution in [0.5, 0.6) is 17.2 Å². The Bertz CT molecular complexity index is 880. The van der Waals surface area contributed by atoms with Crippen molar-refractivity contribution in [1.82, 2.24) is 4.90 Å². The lowest BCUT2D eigenvalue weighted by Gasteiger charge is -2.21. The van der Waals surface area contributed by atoms with Crippen molar-refractivity contribution in [2.24, 2.45) is 0 Å². The topological polar surface area (TPSA) is 74.3 Å². The Labute approximate surface area is 177 Å². The zero-order chi connectivity index (χ0) is 22.1. The second kappa shape index (κ2) is 11.1. The van der Waals surface area contributed by atoms with Crippen LogP contribution in [0.3, 0.4) is 0 Å². The van der Waals surface area contributed by atoms with Gasteiger partial charge in [-0.1, -0.05) is 17.7 Å². The Hall–Kier alpha value is -3.22. The predicted octanol–water partition coefficient (Wildman–Crippen LogP) is 3.62. The molecule has 2 aromatic rings. The average molecular weight is 415 g/mol. The van der Waals surface area contributed by atoms with Crippen molar-refractivity contribution in [3.8, 4) is 17.2 Å². The van der Waals surface area contributed by atoms with Gasteiger partial charge in [-0.05, 0) is 50.6 Å². The first-order chi connectivity index (χ1) is 14.4. The third kappa shape index (κ3) is 5.89. The average Bonchev–Trinajstić information content (AvgIpc) is 2.76. The summed E-state index contributed by atoms with van der Waals surface area (Å²) in [4.78, 5) is 26.7. The Balaban J connectivity index is 2.03. The van der Waals surface area contributed by atoms with Crippen LogP contribution in [-0.4, -0.2) is 50.8 Å². The lowest BCUT2D eigenvalue weighted by atomic mass is 10.1. The number of carbonyl (C=O) groups is 2. The molecule has 7 nitrogen and oxygen atoms in total. The number of hydrogen-bond acceptors (Lipinski definition) is 6. The van der Waals surface area contributed by atoms with Crippen LogP contribution in [0.15, 0.2) is 36.4 Å². The number of ether oxygens (including phenoxy) is 4. The standard InChI is InChI=1S/C23H29NO6/c1-6-24(14-17-9-11-20(29-7-2)21(13-17)28-5)22(25)15-30-23(26)18-12-16(3)8-10-19(18)27-4/h8-13H,6-7,14-15H2,1-5H3. The number of rotatable bonds is 10. The third-order valence-corrected chi connectivity index (χ3v) is 4.54. The summed E-state index contributed by atoms with van der Waals surface area (Å²) in [6.45, 7) is 6.66. The van der Waals surface area contributed by atoms with Crippen LogP contribution in [0, 0.1) is 6.92 Å². The van der Waals surface area contributed by atoms with Crippen LogP contribution >= 0.6 is 0 Å². The molecule has 162 valence electrons. The van der Waals surface area contributed by atoms with Gasteiger partial charge in [-0.25, -0.2) is 4.79 Å². The van der Waals surface area contributed by atoms with E-state index >= 15 is 0 Å². The number of carbonyl (C=O) groups excluding carboxylic acids is 2. The zero-order valence-electron chi connectivity index (χ0n) is 18.2. The summed E-state index contributed by atoms with van der Waals surface area (Å²) in [5.74, 6) is 0.787. The normalized spacial score (nSPS) is 10.3. The van der Waals surface area contributed by atoms with E-state index in [0.717, 1.165) is 11.1 Å². The fourth-order valence-corrected chi connectivity index (χ4v) is 2.96. The molecule has 0 saturated carbocycles. The SMILES string of the molecule is CCOc1ccc(CN(CC)C(=O)COC(=O)c2cc(C)ccc2OC)cc1OC. The maximum Gasteiger partial charge on any atom is 0.342 e. The van der Waals surface area contributed by atoms with Crippen molar-refractivity contribution in [2.75, 3.05) is 34.0 Å². The zero-order valence-corrected chi connectivity index (χ0v) is 18.2. The maximum absolute atomic E-state index is 12.6. The van der Waals surface area contributed by atoms with Gasteiger partial charge in [-0.3, -0.25) is 4.79 Å². The number of hydrogen-bond donors (Lipinski definition) is 0. The lowest BCUT2D eigenvalue weighted by molar-refractivity contribution is -0.134. The van der Waals surface area contributed by atoms with Gasteiger partial charge in [0.25, 0.3) is 5.91 Å². The first-order valence-electron chi connectivity index (χ1n) is 9.82. The molecule has 0 unspecified atom stereocenters. The van der Waals surface area contributed by atoms with Crippen LogP contribution < -0.4 is 14.2 Å². The Morgan fingerprint density at radius 1 is 0.933 bits per heavy atom. The van der Waals surface area contributed by atoms with Gasteiger partial charge in [0.15, 0.2) is 18.1 Å². The molecule has 0 bridgehead atoms. The number of esters is 1. The van der Waals surface area contributed by atoms with E-state index in [1.807, 2.05) is 45.0 Å². The van der Waals surface area contributed by atoms with E-state index < -0.39 is 5.97 Å². The summed E-state index contributed by atoms with van der Waals surface area (Å²) in [7, 11) is 3.06. The van der Waals surface area contributed by atoms with Gasteiger partial charge in [-0.2, -0.15) is 0 Å². The fraction of sp³-hybridized carbons (Fsp3) is 0.391. The van der Waals surface area contributed by atoms with Gasteiger partial charge in [0.2, 0.25) is 0 Å². The first kappa shape index (κ1) is 23.1. The van der Waals surface area contributed by atoms with E-state index in [-0.39, 0.29) is 12.5 Å².